The number of hydrogen-bond acceptors (Lipinski definition) is 2. The lowest BCUT2D eigenvalue weighted by molar-refractivity contribution is -0.0497. The SMILES string of the molecule is Fc1nc2c(Br)cc(OC(F)F)cc2[nH]1. The van der Waals surface area contributed by atoms with Crippen LogP contribution in [0, 0.1) is 6.08 Å². The number of nitrogens with one attached hydrogen (secondary N) is 1. The molecule has 0 amide bonds. The third kappa shape index (κ3) is 2.06. The van der Waals surface area contributed by atoms with Gasteiger partial charge in [0.2, 0.25) is 0 Å². The van der Waals surface area contributed by atoms with E-state index in [0.29, 0.717) is 9.99 Å². The van der Waals surface area contributed by atoms with Gasteiger partial charge in [-0.1, -0.05) is 0 Å². The Morgan fingerprint density at radius 3 is 2.80 bits per heavy atom. The van der Waals surface area contributed by atoms with Crippen molar-refractivity contribution in [2.75, 3.05) is 0 Å². The fraction of sp³-hybridized carbons (Fsp3) is 0.125. The second kappa shape index (κ2) is 3.73. The van der Waals surface area contributed by atoms with Gasteiger partial charge in [-0.2, -0.15) is 13.2 Å². The van der Waals surface area contributed by atoms with Crippen LogP contribution < -0.4 is 4.74 Å². The van der Waals surface area contributed by atoms with E-state index in [1.165, 1.54) is 12.1 Å². The van der Waals surface area contributed by atoms with Crippen LogP contribution in [0.1, 0.15) is 0 Å². The van der Waals surface area contributed by atoms with E-state index in [1.807, 2.05) is 0 Å². The molecule has 1 aromatic heterocycles. The smallest absolute Gasteiger partial charge is 0.387 e. The van der Waals surface area contributed by atoms with E-state index >= 15 is 0 Å². The number of hydrogen-bond donors (Lipinski definition) is 1. The Labute approximate surface area is 90.4 Å². The van der Waals surface area contributed by atoms with Crippen LogP contribution in [0.15, 0.2) is 16.6 Å². The quantitative estimate of drug-likeness (QED) is 0.918. The summed E-state index contributed by atoms with van der Waals surface area (Å²) in [5.74, 6) is -0.0620. The number of aromatic nitrogens is 2. The lowest BCUT2D eigenvalue weighted by atomic mass is 10.3. The van der Waals surface area contributed by atoms with Crippen LogP contribution in [0.5, 0.6) is 5.75 Å². The molecule has 0 bridgehead atoms. The highest BCUT2D eigenvalue weighted by Crippen LogP contribution is 2.28. The van der Waals surface area contributed by atoms with Crippen molar-refractivity contribution in [3.8, 4) is 5.75 Å². The summed E-state index contributed by atoms with van der Waals surface area (Å²) in [6.45, 7) is -2.91. The van der Waals surface area contributed by atoms with E-state index in [9.17, 15) is 13.2 Å². The van der Waals surface area contributed by atoms with E-state index in [2.05, 4.69) is 30.6 Å². The number of ether oxygens (including phenoxy) is 1. The summed E-state index contributed by atoms with van der Waals surface area (Å²) in [5, 5.41) is 0. The number of H-pyrrole nitrogens is 1. The molecule has 15 heavy (non-hydrogen) atoms. The van der Waals surface area contributed by atoms with Gasteiger partial charge in [0.25, 0.3) is 6.08 Å². The maximum Gasteiger partial charge on any atom is 0.387 e. The number of alkyl halides is 2. The minimum atomic E-state index is -2.91. The molecular formula is C8H4BrF3N2O. The van der Waals surface area contributed by atoms with Crippen LogP contribution in [0.3, 0.4) is 0 Å². The molecule has 0 atom stereocenters. The largest absolute Gasteiger partial charge is 0.435 e. The molecule has 0 radical (unpaired) electrons. The Morgan fingerprint density at radius 2 is 2.13 bits per heavy atom. The highest BCUT2D eigenvalue weighted by atomic mass is 79.9. The second-order valence-corrected chi connectivity index (χ2v) is 3.56. The summed E-state index contributed by atoms with van der Waals surface area (Å²) in [7, 11) is 0. The first kappa shape index (κ1) is 10.3. The number of fused-ring (bicyclic) bond motifs is 1. The summed E-state index contributed by atoms with van der Waals surface area (Å²) in [5.41, 5.74) is 0.617. The van der Waals surface area contributed by atoms with Crippen molar-refractivity contribution in [3.63, 3.8) is 0 Å². The number of rotatable bonds is 2. The number of imidazole rings is 1. The molecule has 2 aromatic rings. The molecule has 0 saturated carbocycles. The number of aromatic amines is 1. The van der Waals surface area contributed by atoms with Gasteiger partial charge in [-0.3, -0.25) is 0 Å². The van der Waals surface area contributed by atoms with Crippen molar-refractivity contribution in [1.82, 2.24) is 9.97 Å². The lowest BCUT2D eigenvalue weighted by Gasteiger charge is -2.04. The Balaban J connectivity index is 2.51. The summed E-state index contributed by atoms with van der Waals surface area (Å²) in [6.07, 6.45) is -0.778. The molecule has 2 rings (SSSR count). The molecule has 1 heterocycles. The number of benzene rings is 1. The molecule has 0 aliphatic heterocycles. The zero-order valence-corrected chi connectivity index (χ0v) is 8.69. The van der Waals surface area contributed by atoms with Crippen molar-refractivity contribution in [2.45, 2.75) is 6.61 Å². The standard InChI is InChI=1S/C8H4BrF3N2O/c9-4-1-3(15-7(10)11)2-5-6(4)14-8(12)13-5/h1-2,7H,(H,13,14). The Hall–Kier alpha value is -1.24. The van der Waals surface area contributed by atoms with E-state index in [4.69, 9.17) is 0 Å². The van der Waals surface area contributed by atoms with Crippen LogP contribution in [-0.4, -0.2) is 16.6 Å². The van der Waals surface area contributed by atoms with E-state index in [0.717, 1.165) is 0 Å². The van der Waals surface area contributed by atoms with Gasteiger partial charge in [-0.15, -0.1) is 0 Å². The summed E-state index contributed by atoms with van der Waals surface area (Å²) >= 11 is 3.08. The van der Waals surface area contributed by atoms with E-state index in [-0.39, 0.29) is 11.3 Å². The van der Waals surface area contributed by atoms with E-state index < -0.39 is 12.7 Å². The predicted octanol–water partition coefficient (Wildman–Crippen LogP) is 3.07. The lowest BCUT2D eigenvalue weighted by Crippen LogP contribution is -2.01. The molecule has 0 aliphatic rings. The first-order valence-electron chi connectivity index (χ1n) is 3.86. The summed E-state index contributed by atoms with van der Waals surface area (Å²) < 4.78 is 41.1. The average Bonchev–Trinajstić information content (AvgIpc) is 2.44. The topological polar surface area (TPSA) is 37.9 Å². The molecule has 7 heteroatoms. The van der Waals surface area contributed by atoms with Crippen molar-refractivity contribution in [2.24, 2.45) is 0 Å². The van der Waals surface area contributed by atoms with Gasteiger partial charge in [0.15, 0.2) is 0 Å². The maximum atomic E-state index is 12.7. The Bertz CT molecular complexity index is 500. The third-order valence-corrected chi connectivity index (χ3v) is 2.31. The van der Waals surface area contributed by atoms with Crippen molar-refractivity contribution in [1.29, 1.82) is 0 Å². The van der Waals surface area contributed by atoms with Crippen molar-refractivity contribution in [3.05, 3.63) is 22.7 Å². The molecule has 80 valence electrons. The highest BCUT2D eigenvalue weighted by molar-refractivity contribution is 9.10. The fourth-order valence-electron chi connectivity index (χ4n) is 1.19. The molecule has 1 N–H and O–H groups in total. The van der Waals surface area contributed by atoms with Crippen molar-refractivity contribution < 1.29 is 17.9 Å². The van der Waals surface area contributed by atoms with Gasteiger partial charge in [0, 0.05) is 10.5 Å². The minimum Gasteiger partial charge on any atom is -0.435 e. The zero-order chi connectivity index (χ0) is 11.0. The van der Waals surface area contributed by atoms with Gasteiger partial charge in [-0.05, 0) is 22.0 Å². The summed E-state index contributed by atoms with van der Waals surface area (Å²) in [4.78, 5) is 5.80. The zero-order valence-electron chi connectivity index (χ0n) is 7.10. The Morgan fingerprint density at radius 1 is 1.40 bits per heavy atom. The van der Waals surface area contributed by atoms with Crippen LogP contribution in [0.2, 0.25) is 0 Å². The van der Waals surface area contributed by atoms with Crippen LogP contribution in [0.25, 0.3) is 11.0 Å². The molecule has 0 unspecified atom stereocenters. The molecule has 0 saturated heterocycles. The van der Waals surface area contributed by atoms with Crippen LogP contribution in [0.4, 0.5) is 13.2 Å². The average molecular weight is 281 g/mol. The second-order valence-electron chi connectivity index (χ2n) is 2.71. The first-order valence-corrected chi connectivity index (χ1v) is 4.65. The van der Waals surface area contributed by atoms with Gasteiger partial charge in [-0.25, -0.2) is 4.98 Å². The normalized spacial score (nSPS) is 11.3. The van der Waals surface area contributed by atoms with Gasteiger partial charge in [0.1, 0.15) is 11.3 Å². The highest BCUT2D eigenvalue weighted by Gasteiger charge is 2.11. The van der Waals surface area contributed by atoms with Crippen LogP contribution in [-0.2, 0) is 0 Å². The molecule has 0 fully saturated rings. The van der Waals surface area contributed by atoms with Gasteiger partial charge >= 0.3 is 6.61 Å². The summed E-state index contributed by atoms with van der Waals surface area (Å²) in [6, 6.07) is 2.55. The maximum absolute atomic E-state index is 12.7. The fourth-order valence-corrected chi connectivity index (χ4v) is 1.72. The number of halogens is 4. The van der Waals surface area contributed by atoms with Gasteiger partial charge < -0.3 is 9.72 Å². The van der Waals surface area contributed by atoms with Crippen LogP contribution >= 0.6 is 15.9 Å². The predicted molar refractivity (Wildman–Crippen MR) is 50.4 cm³/mol. The minimum absolute atomic E-state index is 0.0620. The molecule has 0 spiro atoms. The van der Waals surface area contributed by atoms with E-state index in [1.54, 1.807) is 0 Å². The monoisotopic (exact) mass is 280 g/mol. The first-order chi connectivity index (χ1) is 7.06. The Kier molecular flexibility index (Phi) is 2.56. The molecular weight excluding hydrogens is 277 g/mol. The van der Waals surface area contributed by atoms with Gasteiger partial charge in [0.05, 0.1) is 5.52 Å². The molecule has 1 aromatic carbocycles. The number of nitrogens with zero attached hydrogens (tertiary/aromatic N) is 1. The van der Waals surface area contributed by atoms with Crippen molar-refractivity contribution >= 4 is 27.0 Å². The molecule has 3 nitrogen and oxygen atoms in total. The third-order valence-electron chi connectivity index (χ3n) is 1.71. The molecule has 0 aliphatic carbocycles.